The molecule has 0 bridgehead atoms. The van der Waals surface area contributed by atoms with E-state index in [9.17, 15) is 4.79 Å². The van der Waals surface area contributed by atoms with E-state index in [1.165, 1.54) is 0 Å². The first-order chi connectivity index (χ1) is 12.3. The van der Waals surface area contributed by atoms with E-state index in [1.54, 1.807) is 19.5 Å². The van der Waals surface area contributed by atoms with Crippen LogP contribution in [0.25, 0.3) is 0 Å². The molecule has 2 heterocycles. The predicted molar refractivity (Wildman–Crippen MR) is 94.6 cm³/mol. The molecule has 0 spiro atoms. The maximum Gasteiger partial charge on any atom is 0.254 e. The number of carbonyl (C=O) groups is 1. The molecule has 5 heteroatoms. The lowest BCUT2D eigenvalue weighted by Gasteiger charge is -2.35. The summed E-state index contributed by atoms with van der Waals surface area (Å²) in [5.74, 6) is 0.668. The fourth-order valence-electron chi connectivity index (χ4n) is 3.39. The van der Waals surface area contributed by atoms with Gasteiger partial charge in [0, 0.05) is 24.2 Å². The van der Waals surface area contributed by atoms with Crippen molar-refractivity contribution >= 4 is 5.91 Å². The quantitative estimate of drug-likeness (QED) is 0.801. The molecule has 0 aliphatic carbocycles. The predicted octanol–water partition coefficient (Wildman–Crippen LogP) is 3.21. The number of imidazole rings is 1. The third-order valence-electron chi connectivity index (χ3n) is 4.62. The molecular formula is C20H19N3O2. The van der Waals surface area contributed by atoms with Crippen LogP contribution in [0.4, 0.5) is 0 Å². The summed E-state index contributed by atoms with van der Waals surface area (Å²) in [7, 11) is 1.60. The zero-order chi connectivity index (χ0) is 17.2. The number of ether oxygens (including phenoxy) is 1. The van der Waals surface area contributed by atoms with E-state index in [-0.39, 0.29) is 11.9 Å². The maximum absolute atomic E-state index is 13.2. The highest BCUT2D eigenvalue weighted by Crippen LogP contribution is 2.34. The van der Waals surface area contributed by atoms with Gasteiger partial charge in [0.25, 0.3) is 5.91 Å². The molecule has 5 nitrogen and oxygen atoms in total. The first-order valence-corrected chi connectivity index (χ1v) is 8.30. The van der Waals surface area contributed by atoms with E-state index in [2.05, 4.69) is 9.97 Å². The highest BCUT2D eigenvalue weighted by atomic mass is 16.5. The second-order valence-electron chi connectivity index (χ2n) is 6.06. The molecule has 126 valence electrons. The van der Waals surface area contributed by atoms with Crippen molar-refractivity contribution in [1.82, 2.24) is 14.9 Å². The van der Waals surface area contributed by atoms with Gasteiger partial charge in [0.05, 0.1) is 19.1 Å². The Kier molecular flexibility index (Phi) is 3.98. The van der Waals surface area contributed by atoms with Crippen LogP contribution in [0.1, 0.15) is 33.4 Å². The first kappa shape index (κ1) is 15.4. The number of aromatic amines is 1. The minimum Gasteiger partial charge on any atom is -0.497 e. The third kappa shape index (κ3) is 2.78. The SMILES string of the molecule is COc1cccc(C(=O)N2CCc3[nH]cnc3C2c2ccccc2)c1. The molecule has 1 aromatic heterocycles. The number of nitrogens with zero attached hydrogens (tertiary/aromatic N) is 2. The van der Waals surface area contributed by atoms with Gasteiger partial charge in [0.2, 0.25) is 0 Å². The van der Waals surface area contributed by atoms with Crippen molar-refractivity contribution in [2.75, 3.05) is 13.7 Å². The van der Waals surface area contributed by atoms with Gasteiger partial charge in [-0.25, -0.2) is 4.98 Å². The van der Waals surface area contributed by atoms with Crippen LogP contribution in [0.3, 0.4) is 0 Å². The van der Waals surface area contributed by atoms with E-state index >= 15 is 0 Å². The van der Waals surface area contributed by atoms with Crippen molar-refractivity contribution < 1.29 is 9.53 Å². The Labute approximate surface area is 146 Å². The number of H-pyrrole nitrogens is 1. The van der Waals surface area contributed by atoms with Gasteiger partial charge in [-0.1, -0.05) is 36.4 Å². The lowest BCUT2D eigenvalue weighted by Crippen LogP contribution is -2.40. The van der Waals surface area contributed by atoms with Gasteiger partial charge in [-0.05, 0) is 23.8 Å². The molecule has 1 N–H and O–H groups in total. The van der Waals surface area contributed by atoms with Crippen LogP contribution in [0.15, 0.2) is 60.9 Å². The smallest absolute Gasteiger partial charge is 0.254 e. The number of rotatable bonds is 3. The van der Waals surface area contributed by atoms with Crippen LogP contribution in [0.5, 0.6) is 5.75 Å². The van der Waals surface area contributed by atoms with Crippen LogP contribution in [0.2, 0.25) is 0 Å². The molecule has 0 radical (unpaired) electrons. The lowest BCUT2D eigenvalue weighted by molar-refractivity contribution is 0.0690. The average molecular weight is 333 g/mol. The number of amides is 1. The molecule has 2 aromatic carbocycles. The summed E-state index contributed by atoms with van der Waals surface area (Å²) < 4.78 is 5.26. The number of benzene rings is 2. The summed E-state index contributed by atoms with van der Waals surface area (Å²) in [6, 6.07) is 17.1. The fraction of sp³-hybridized carbons (Fsp3) is 0.200. The van der Waals surface area contributed by atoms with Crippen LogP contribution in [-0.2, 0) is 6.42 Å². The largest absolute Gasteiger partial charge is 0.497 e. The van der Waals surface area contributed by atoms with Crippen molar-refractivity contribution in [2.45, 2.75) is 12.5 Å². The van der Waals surface area contributed by atoms with Crippen molar-refractivity contribution in [2.24, 2.45) is 0 Å². The number of hydrogen-bond acceptors (Lipinski definition) is 3. The molecule has 4 rings (SSSR count). The molecule has 1 atom stereocenters. The van der Waals surface area contributed by atoms with Gasteiger partial charge in [0.15, 0.2) is 0 Å². The lowest BCUT2D eigenvalue weighted by atomic mass is 9.95. The highest BCUT2D eigenvalue weighted by molar-refractivity contribution is 5.95. The van der Waals surface area contributed by atoms with Crippen molar-refractivity contribution in [3.8, 4) is 5.75 Å². The summed E-state index contributed by atoms with van der Waals surface area (Å²) in [5, 5.41) is 0. The summed E-state index contributed by atoms with van der Waals surface area (Å²) in [5.41, 5.74) is 3.71. The highest BCUT2D eigenvalue weighted by Gasteiger charge is 2.34. The number of carbonyl (C=O) groups excluding carboxylic acids is 1. The molecule has 0 fully saturated rings. The number of fused-ring (bicyclic) bond motifs is 1. The van der Waals surface area contributed by atoms with Crippen molar-refractivity contribution in [3.05, 3.63) is 83.4 Å². The van der Waals surface area contributed by atoms with Gasteiger partial charge in [0.1, 0.15) is 11.8 Å². The molecule has 1 unspecified atom stereocenters. The molecule has 1 aliphatic heterocycles. The van der Waals surface area contributed by atoms with Crippen LogP contribution >= 0.6 is 0 Å². The van der Waals surface area contributed by atoms with Crippen LogP contribution in [0, 0.1) is 0 Å². The number of hydrogen-bond donors (Lipinski definition) is 1. The zero-order valence-corrected chi connectivity index (χ0v) is 14.0. The summed E-state index contributed by atoms with van der Waals surface area (Å²) >= 11 is 0. The third-order valence-corrected chi connectivity index (χ3v) is 4.62. The topological polar surface area (TPSA) is 58.2 Å². The number of nitrogens with one attached hydrogen (secondary N) is 1. The van der Waals surface area contributed by atoms with Gasteiger partial charge in [-0.3, -0.25) is 4.79 Å². The average Bonchev–Trinajstić information content (AvgIpc) is 3.16. The standard InChI is InChI=1S/C20H19N3O2/c1-25-16-9-5-8-15(12-16)20(24)23-11-10-17-18(22-13-21-17)19(23)14-6-3-2-4-7-14/h2-9,12-13,19H,10-11H2,1H3,(H,21,22). The molecule has 1 aliphatic rings. The molecule has 3 aromatic rings. The van der Waals surface area contributed by atoms with E-state index in [4.69, 9.17) is 4.74 Å². The Balaban J connectivity index is 1.76. The van der Waals surface area contributed by atoms with Crippen LogP contribution in [-0.4, -0.2) is 34.4 Å². The second-order valence-corrected chi connectivity index (χ2v) is 6.06. The van der Waals surface area contributed by atoms with E-state index < -0.39 is 0 Å². The van der Waals surface area contributed by atoms with Gasteiger partial charge in [-0.15, -0.1) is 0 Å². The van der Waals surface area contributed by atoms with Crippen molar-refractivity contribution in [3.63, 3.8) is 0 Å². The van der Waals surface area contributed by atoms with Crippen LogP contribution < -0.4 is 4.74 Å². The Hall–Kier alpha value is -3.08. The molecule has 1 amide bonds. The Morgan fingerprint density at radius 1 is 1.20 bits per heavy atom. The molecule has 25 heavy (non-hydrogen) atoms. The normalized spacial score (nSPS) is 16.4. The number of aromatic nitrogens is 2. The Morgan fingerprint density at radius 3 is 2.84 bits per heavy atom. The molecule has 0 saturated carbocycles. The van der Waals surface area contributed by atoms with Gasteiger partial charge >= 0.3 is 0 Å². The van der Waals surface area contributed by atoms with E-state index in [0.717, 1.165) is 23.4 Å². The number of methoxy groups -OCH3 is 1. The molecular weight excluding hydrogens is 314 g/mol. The summed E-state index contributed by atoms with van der Waals surface area (Å²) in [4.78, 5) is 22.8. The first-order valence-electron chi connectivity index (χ1n) is 8.30. The second kappa shape index (κ2) is 6.43. The minimum absolute atomic E-state index is 0.0126. The van der Waals surface area contributed by atoms with E-state index in [0.29, 0.717) is 17.9 Å². The zero-order valence-electron chi connectivity index (χ0n) is 14.0. The maximum atomic E-state index is 13.2. The van der Waals surface area contributed by atoms with Crippen molar-refractivity contribution in [1.29, 1.82) is 0 Å². The summed E-state index contributed by atoms with van der Waals surface area (Å²) in [6.45, 7) is 0.644. The minimum atomic E-state index is -0.185. The van der Waals surface area contributed by atoms with Gasteiger partial charge < -0.3 is 14.6 Å². The Morgan fingerprint density at radius 2 is 2.04 bits per heavy atom. The van der Waals surface area contributed by atoms with Gasteiger partial charge in [-0.2, -0.15) is 0 Å². The summed E-state index contributed by atoms with van der Waals surface area (Å²) in [6.07, 6.45) is 2.48. The molecule has 0 saturated heterocycles. The fourth-order valence-corrected chi connectivity index (χ4v) is 3.39. The Bertz CT molecular complexity index is 889. The monoisotopic (exact) mass is 333 g/mol. The van der Waals surface area contributed by atoms with E-state index in [1.807, 2.05) is 53.4 Å².